The summed E-state index contributed by atoms with van der Waals surface area (Å²) in [5, 5.41) is -0.231. The Labute approximate surface area is 170 Å². The molecule has 0 aromatic heterocycles. The molecule has 1 unspecified atom stereocenters. The lowest BCUT2D eigenvalue weighted by Gasteiger charge is -2.49. The minimum atomic E-state index is -1.25. The van der Waals surface area contributed by atoms with Gasteiger partial charge in [0.2, 0.25) is 0 Å². The first-order valence-electron chi connectivity index (χ1n) is 9.74. The van der Waals surface area contributed by atoms with Crippen LogP contribution in [0.25, 0.3) is 0 Å². The van der Waals surface area contributed by atoms with Crippen molar-refractivity contribution in [2.24, 2.45) is 0 Å². The van der Waals surface area contributed by atoms with Crippen LogP contribution in [0.4, 0.5) is 4.79 Å². The predicted octanol–water partition coefficient (Wildman–Crippen LogP) is 3.63. The number of carbonyl (C=O) groups excluding carboxylic acids is 1. The van der Waals surface area contributed by atoms with E-state index in [1.807, 2.05) is 65.8 Å². The van der Waals surface area contributed by atoms with Crippen LogP contribution in [0.1, 0.15) is 46.6 Å². The van der Waals surface area contributed by atoms with Crippen LogP contribution in [0.3, 0.4) is 0 Å². The van der Waals surface area contributed by atoms with E-state index in [0.29, 0.717) is 19.6 Å². The fourth-order valence-electron chi connectivity index (χ4n) is 3.61. The van der Waals surface area contributed by atoms with Crippen molar-refractivity contribution in [3.63, 3.8) is 0 Å². The van der Waals surface area contributed by atoms with Crippen LogP contribution in [0, 0.1) is 6.92 Å². The lowest BCUT2D eigenvalue weighted by Crippen LogP contribution is -2.64. The van der Waals surface area contributed by atoms with Crippen LogP contribution in [-0.2, 0) is 25.0 Å². The largest absolute Gasteiger partial charge is 0.444 e. The van der Waals surface area contributed by atoms with Crippen LogP contribution in [0.5, 0.6) is 0 Å². The zero-order valence-electron chi connectivity index (χ0n) is 17.6. The van der Waals surface area contributed by atoms with Gasteiger partial charge in [-0.3, -0.25) is 9.11 Å². The van der Waals surface area contributed by atoms with Crippen molar-refractivity contribution < 1.29 is 23.2 Å². The minimum Gasteiger partial charge on any atom is -0.444 e. The number of rotatable bonds is 2. The van der Waals surface area contributed by atoms with Crippen LogP contribution in [0.2, 0.25) is 0 Å². The van der Waals surface area contributed by atoms with Gasteiger partial charge in [-0.15, -0.1) is 0 Å². The Kier molecular flexibility index (Phi) is 5.90. The van der Waals surface area contributed by atoms with Crippen molar-refractivity contribution in [3.8, 4) is 0 Å². The molecule has 28 heavy (non-hydrogen) atoms. The van der Waals surface area contributed by atoms with E-state index in [2.05, 4.69) is 0 Å². The van der Waals surface area contributed by atoms with Crippen molar-refractivity contribution in [2.75, 3.05) is 13.2 Å². The Morgan fingerprint density at radius 2 is 1.89 bits per heavy atom. The first kappa shape index (κ1) is 21.3. The highest BCUT2D eigenvalue weighted by Gasteiger charge is 2.48. The zero-order valence-corrected chi connectivity index (χ0v) is 18.4. The lowest BCUT2D eigenvalue weighted by molar-refractivity contribution is -0.297. The SMILES string of the molecule is Cc1ccc(S(=O)[C@H]2C[C@H]3OC(C)(C)OC[C@@H]3N(C(=O)OC(C)(C)C)C2)cc1. The maximum atomic E-state index is 13.2. The molecule has 0 spiro atoms. The highest BCUT2D eigenvalue weighted by atomic mass is 32.2. The summed E-state index contributed by atoms with van der Waals surface area (Å²) >= 11 is 0. The molecule has 1 aromatic rings. The van der Waals surface area contributed by atoms with Gasteiger partial charge in [-0.2, -0.15) is 0 Å². The van der Waals surface area contributed by atoms with Gasteiger partial charge in [0, 0.05) is 11.4 Å². The summed E-state index contributed by atoms with van der Waals surface area (Å²) in [7, 11) is -1.25. The molecule has 2 saturated heterocycles. The van der Waals surface area contributed by atoms with Crippen molar-refractivity contribution in [1.82, 2.24) is 4.90 Å². The molecule has 2 aliphatic rings. The van der Waals surface area contributed by atoms with E-state index < -0.39 is 28.3 Å². The maximum absolute atomic E-state index is 13.2. The third-order valence-electron chi connectivity index (χ3n) is 4.95. The van der Waals surface area contributed by atoms with Gasteiger partial charge in [-0.05, 0) is 60.1 Å². The van der Waals surface area contributed by atoms with Gasteiger partial charge in [0.15, 0.2) is 5.79 Å². The number of amides is 1. The van der Waals surface area contributed by atoms with E-state index in [-0.39, 0.29) is 17.4 Å². The van der Waals surface area contributed by atoms with Crippen LogP contribution in [-0.4, -0.2) is 57.1 Å². The molecule has 7 heteroatoms. The molecular weight excluding hydrogens is 378 g/mol. The number of aryl methyl sites for hydroxylation is 1. The fraction of sp³-hybridized carbons (Fsp3) is 0.667. The number of hydrogen-bond donors (Lipinski definition) is 0. The van der Waals surface area contributed by atoms with Gasteiger partial charge in [-0.1, -0.05) is 17.7 Å². The number of ether oxygens (including phenoxy) is 3. The normalized spacial score (nSPS) is 28.4. The van der Waals surface area contributed by atoms with Gasteiger partial charge in [-0.25, -0.2) is 4.79 Å². The highest BCUT2D eigenvalue weighted by Crippen LogP contribution is 2.34. The molecule has 0 radical (unpaired) electrons. The summed E-state index contributed by atoms with van der Waals surface area (Å²) < 4.78 is 30.8. The van der Waals surface area contributed by atoms with Crippen molar-refractivity contribution >= 4 is 16.9 Å². The molecule has 2 heterocycles. The number of benzene rings is 1. The van der Waals surface area contributed by atoms with Gasteiger partial charge in [0.1, 0.15) is 5.60 Å². The predicted molar refractivity (Wildman–Crippen MR) is 108 cm³/mol. The third kappa shape index (κ3) is 4.93. The summed E-state index contributed by atoms with van der Waals surface area (Å²) in [5.74, 6) is -0.728. The number of piperidine rings is 1. The molecule has 0 N–H and O–H groups in total. The highest BCUT2D eigenvalue weighted by molar-refractivity contribution is 7.85. The molecule has 2 aliphatic heterocycles. The second kappa shape index (κ2) is 7.76. The second-order valence-corrected chi connectivity index (χ2v) is 10.8. The van der Waals surface area contributed by atoms with Crippen molar-refractivity contribution in [2.45, 2.75) is 81.6 Å². The molecule has 3 rings (SSSR count). The number of nitrogens with zero attached hydrogens (tertiary/aromatic N) is 1. The topological polar surface area (TPSA) is 65.1 Å². The Hall–Kier alpha value is -1.44. The Morgan fingerprint density at radius 1 is 1.25 bits per heavy atom. The monoisotopic (exact) mass is 409 g/mol. The zero-order chi connectivity index (χ0) is 20.7. The van der Waals surface area contributed by atoms with Gasteiger partial charge in [0.25, 0.3) is 0 Å². The van der Waals surface area contributed by atoms with E-state index in [0.717, 1.165) is 10.5 Å². The quantitative estimate of drug-likeness (QED) is 0.746. The van der Waals surface area contributed by atoms with Crippen LogP contribution >= 0.6 is 0 Å². The van der Waals surface area contributed by atoms with Crippen molar-refractivity contribution in [1.29, 1.82) is 0 Å². The fourth-order valence-corrected chi connectivity index (χ4v) is 5.05. The first-order chi connectivity index (χ1) is 13.0. The average molecular weight is 410 g/mol. The number of carbonyl (C=O) groups is 1. The van der Waals surface area contributed by atoms with E-state index >= 15 is 0 Å². The molecule has 1 aromatic carbocycles. The summed E-state index contributed by atoms with van der Waals surface area (Å²) in [6, 6.07) is 7.46. The first-order valence-corrected chi connectivity index (χ1v) is 11.0. The third-order valence-corrected chi connectivity index (χ3v) is 6.63. The average Bonchev–Trinajstić information content (AvgIpc) is 2.58. The molecule has 4 atom stereocenters. The van der Waals surface area contributed by atoms with Gasteiger partial charge < -0.3 is 14.2 Å². The maximum Gasteiger partial charge on any atom is 0.410 e. The molecule has 0 aliphatic carbocycles. The number of likely N-dealkylation sites (tertiary alicyclic amines) is 1. The van der Waals surface area contributed by atoms with E-state index in [1.54, 1.807) is 4.90 Å². The van der Waals surface area contributed by atoms with E-state index in [9.17, 15) is 9.00 Å². The molecule has 0 saturated carbocycles. The lowest BCUT2D eigenvalue weighted by atomic mass is 9.97. The second-order valence-electron chi connectivity index (χ2n) is 9.04. The van der Waals surface area contributed by atoms with Crippen LogP contribution in [0.15, 0.2) is 29.2 Å². The molecule has 0 bridgehead atoms. The summed E-state index contributed by atoms with van der Waals surface area (Å²) in [6.07, 6.45) is -0.0542. The summed E-state index contributed by atoms with van der Waals surface area (Å²) in [5.41, 5.74) is 0.514. The summed E-state index contributed by atoms with van der Waals surface area (Å²) in [4.78, 5) is 15.3. The minimum absolute atomic E-state index is 0.231. The standard InChI is InChI=1S/C21H31NO5S/c1-14-7-9-15(10-8-14)28(24)16-11-18-17(13-25-21(5,6)26-18)22(12-16)19(23)27-20(2,3)4/h7-10,16-18H,11-13H2,1-6H3/t16-,17-,18+,28?/m0/s1. The Morgan fingerprint density at radius 3 is 2.50 bits per heavy atom. The molecule has 156 valence electrons. The summed E-state index contributed by atoms with van der Waals surface area (Å²) in [6.45, 7) is 12.0. The molecule has 1 amide bonds. The van der Waals surface area contributed by atoms with E-state index in [1.165, 1.54) is 0 Å². The smallest absolute Gasteiger partial charge is 0.410 e. The molecular formula is C21H31NO5S. The van der Waals surface area contributed by atoms with Crippen molar-refractivity contribution in [3.05, 3.63) is 29.8 Å². The van der Waals surface area contributed by atoms with Gasteiger partial charge >= 0.3 is 6.09 Å². The molecule has 6 nitrogen and oxygen atoms in total. The Bertz CT molecular complexity index is 740. The number of hydrogen-bond acceptors (Lipinski definition) is 5. The Balaban J connectivity index is 1.85. The number of fused-ring (bicyclic) bond motifs is 1. The van der Waals surface area contributed by atoms with Crippen LogP contribution < -0.4 is 0 Å². The van der Waals surface area contributed by atoms with Gasteiger partial charge in [0.05, 0.1) is 34.8 Å². The molecule has 2 fully saturated rings. The van der Waals surface area contributed by atoms with E-state index in [4.69, 9.17) is 14.2 Å².